The van der Waals surface area contributed by atoms with Crippen LogP contribution in [0.15, 0.2) is 18.2 Å². The molecule has 1 fully saturated rings. The van der Waals surface area contributed by atoms with Gasteiger partial charge in [-0.2, -0.15) is 0 Å². The number of rotatable bonds is 4. The highest BCUT2D eigenvalue weighted by Gasteiger charge is 2.28. The fraction of sp³-hybridized carbons (Fsp3) is 0.500. The molecule has 8 heteroatoms. The predicted molar refractivity (Wildman–Crippen MR) is 67.1 cm³/mol. The normalized spacial score (nSPS) is 19.4. The molecule has 2 rings (SSSR count). The SMILES string of the molecule is O=[N+]([O-])c1ccc(N2CCOCC2CO)c(C(F)F)c1. The zero-order valence-corrected chi connectivity index (χ0v) is 10.5. The number of anilines is 1. The van der Waals surface area contributed by atoms with Crippen LogP contribution in [0.4, 0.5) is 20.2 Å². The van der Waals surface area contributed by atoms with Gasteiger partial charge in [0, 0.05) is 29.9 Å². The molecule has 0 amide bonds. The first-order valence-corrected chi connectivity index (χ1v) is 6.06. The molecule has 1 aromatic carbocycles. The van der Waals surface area contributed by atoms with Gasteiger partial charge in [-0.25, -0.2) is 8.78 Å². The third-order valence-corrected chi connectivity index (χ3v) is 3.20. The summed E-state index contributed by atoms with van der Waals surface area (Å²) in [4.78, 5) is 11.6. The number of hydrogen-bond acceptors (Lipinski definition) is 5. The highest BCUT2D eigenvalue weighted by molar-refractivity contribution is 5.59. The topological polar surface area (TPSA) is 75.8 Å². The van der Waals surface area contributed by atoms with Crippen LogP contribution in [0.2, 0.25) is 0 Å². The Morgan fingerprint density at radius 2 is 2.30 bits per heavy atom. The van der Waals surface area contributed by atoms with Gasteiger partial charge in [0.1, 0.15) is 0 Å². The first-order chi connectivity index (χ1) is 9.54. The second kappa shape index (κ2) is 6.10. The van der Waals surface area contributed by atoms with E-state index in [1.165, 1.54) is 12.1 Å². The molecule has 0 bridgehead atoms. The van der Waals surface area contributed by atoms with Crippen molar-refractivity contribution in [1.29, 1.82) is 0 Å². The summed E-state index contributed by atoms with van der Waals surface area (Å²) >= 11 is 0. The van der Waals surface area contributed by atoms with Crippen LogP contribution in [0.5, 0.6) is 0 Å². The van der Waals surface area contributed by atoms with Crippen molar-refractivity contribution in [3.63, 3.8) is 0 Å². The van der Waals surface area contributed by atoms with Gasteiger partial charge in [-0.15, -0.1) is 0 Å². The molecule has 1 N–H and O–H groups in total. The van der Waals surface area contributed by atoms with E-state index in [0.29, 0.717) is 13.2 Å². The second-order valence-electron chi connectivity index (χ2n) is 4.41. The summed E-state index contributed by atoms with van der Waals surface area (Å²) in [6.45, 7) is 0.703. The highest BCUT2D eigenvalue weighted by atomic mass is 19.3. The summed E-state index contributed by atoms with van der Waals surface area (Å²) < 4.78 is 31.4. The van der Waals surface area contributed by atoms with Gasteiger partial charge in [-0.3, -0.25) is 10.1 Å². The van der Waals surface area contributed by atoms with Gasteiger partial charge in [0.2, 0.25) is 0 Å². The molecule has 0 aliphatic carbocycles. The maximum absolute atomic E-state index is 13.1. The van der Waals surface area contributed by atoms with Crippen molar-refractivity contribution in [1.82, 2.24) is 0 Å². The third-order valence-electron chi connectivity index (χ3n) is 3.20. The fourth-order valence-corrected chi connectivity index (χ4v) is 2.22. The van der Waals surface area contributed by atoms with Gasteiger partial charge in [0.05, 0.1) is 30.8 Å². The van der Waals surface area contributed by atoms with E-state index in [-0.39, 0.29) is 24.6 Å². The molecular formula is C12H14F2N2O4. The molecule has 1 aromatic rings. The zero-order chi connectivity index (χ0) is 14.7. The Balaban J connectivity index is 2.41. The van der Waals surface area contributed by atoms with E-state index in [1.54, 1.807) is 4.90 Å². The van der Waals surface area contributed by atoms with Crippen molar-refractivity contribution in [3.8, 4) is 0 Å². The van der Waals surface area contributed by atoms with E-state index in [9.17, 15) is 24.0 Å². The number of hydrogen-bond donors (Lipinski definition) is 1. The number of benzene rings is 1. The summed E-state index contributed by atoms with van der Waals surface area (Å²) in [5.74, 6) is 0. The number of morpholine rings is 1. The number of nitro benzene ring substituents is 1. The lowest BCUT2D eigenvalue weighted by Gasteiger charge is -2.37. The molecule has 0 radical (unpaired) electrons. The van der Waals surface area contributed by atoms with Gasteiger partial charge in [0.15, 0.2) is 0 Å². The molecule has 0 aromatic heterocycles. The number of nitro groups is 1. The summed E-state index contributed by atoms with van der Waals surface area (Å²) in [5.41, 5.74) is -0.578. The molecule has 1 unspecified atom stereocenters. The lowest BCUT2D eigenvalue weighted by molar-refractivity contribution is -0.385. The van der Waals surface area contributed by atoms with Crippen LogP contribution >= 0.6 is 0 Å². The van der Waals surface area contributed by atoms with Crippen LogP contribution in [0.3, 0.4) is 0 Å². The van der Waals surface area contributed by atoms with Crippen molar-refractivity contribution >= 4 is 11.4 Å². The molecule has 110 valence electrons. The number of alkyl halides is 2. The lowest BCUT2D eigenvalue weighted by atomic mass is 10.1. The summed E-state index contributed by atoms with van der Waals surface area (Å²) in [6, 6.07) is 2.94. The quantitative estimate of drug-likeness (QED) is 0.674. The number of aliphatic hydroxyl groups excluding tert-OH is 1. The number of halogens is 2. The fourth-order valence-electron chi connectivity index (χ4n) is 2.22. The van der Waals surface area contributed by atoms with Gasteiger partial charge in [0.25, 0.3) is 12.1 Å². The molecule has 1 heterocycles. The second-order valence-corrected chi connectivity index (χ2v) is 4.41. The molecule has 1 saturated heterocycles. The first-order valence-electron chi connectivity index (χ1n) is 6.06. The monoisotopic (exact) mass is 288 g/mol. The minimum atomic E-state index is -2.83. The Labute approximate surface area is 113 Å². The standard InChI is InChI=1S/C12H14F2N2O4/c13-12(14)10-5-8(16(18)19)1-2-11(10)15-3-4-20-7-9(15)6-17/h1-2,5,9,12,17H,3-4,6-7H2. The van der Waals surface area contributed by atoms with Gasteiger partial charge < -0.3 is 14.7 Å². The average molecular weight is 288 g/mol. The van der Waals surface area contributed by atoms with Crippen LogP contribution in [-0.2, 0) is 4.74 Å². The predicted octanol–water partition coefficient (Wildman–Crippen LogP) is 1.73. The van der Waals surface area contributed by atoms with Crippen molar-refractivity contribution < 1.29 is 23.5 Å². The van der Waals surface area contributed by atoms with Crippen LogP contribution in [0, 0.1) is 10.1 Å². The Hall–Kier alpha value is -1.80. The molecule has 1 atom stereocenters. The number of aliphatic hydroxyl groups is 1. The maximum atomic E-state index is 13.1. The third kappa shape index (κ3) is 2.86. The van der Waals surface area contributed by atoms with Crippen LogP contribution in [0.1, 0.15) is 12.0 Å². The van der Waals surface area contributed by atoms with Crippen molar-refractivity contribution in [2.24, 2.45) is 0 Å². The number of nitrogens with zero attached hydrogens (tertiary/aromatic N) is 2. The molecular weight excluding hydrogens is 274 g/mol. The van der Waals surface area contributed by atoms with Crippen LogP contribution in [0.25, 0.3) is 0 Å². The lowest BCUT2D eigenvalue weighted by Crippen LogP contribution is -2.48. The Morgan fingerprint density at radius 1 is 1.55 bits per heavy atom. The number of ether oxygens (including phenoxy) is 1. The Morgan fingerprint density at radius 3 is 2.90 bits per heavy atom. The van der Waals surface area contributed by atoms with E-state index in [4.69, 9.17) is 4.74 Å². The molecule has 1 aliphatic rings. The summed E-state index contributed by atoms with van der Waals surface area (Å²) in [7, 11) is 0. The molecule has 6 nitrogen and oxygen atoms in total. The van der Waals surface area contributed by atoms with Crippen molar-refractivity contribution in [2.45, 2.75) is 12.5 Å². The van der Waals surface area contributed by atoms with Crippen LogP contribution < -0.4 is 4.90 Å². The zero-order valence-electron chi connectivity index (χ0n) is 10.5. The van der Waals surface area contributed by atoms with E-state index >= 15 is 0 Å². The first kappa shape index (κ1) is 14.6. The summed E-state index contributed by atoms with van der Waals surface area (Å²) in [6.07, 6.45) is -2.83. The number of non-ortho nitro benzene ring substituents is 1. The average Bonchev–Trinajstić information content (AvgIpc) is 2.46. The van der Waals surface area contributed by atoms with E-state index < -0.39 is 23.0 Å². The highest BCUT2D eigenvalue weighted by Crippen LogP contribution is 2.34. The van der Waals surface area contributed by atoms with Crippen molar-refractivity contribution in [3.05, 3.63) is 33.9 Å². The smallest absolute Gasteiger partial charge is 0.270 e. The van der Waals surface area contributed by atoms with Gasteiger partial charge >= 0.3 is 0 Å². The summed E-state index contributed by atoms with van der Waals surface area (Å²) in [5, 5.41) is 19.9. The maximum Gasteiger partial charge on any atom is 0.270 e. The molecule has 0 spiro atoms. The van der Waals surface area contributed by atoms with Gasteiger partial charge in [-0.1, -0.05) is 0 Å². The molecule has 1 aliphatic heterocycles. The van der Waals surface area contributed by atoms with Crippen molar-refractivity contribution in [2.75, 3.05) is 31.3 Å². The minimum absolute atomic E-state index is 0.202. The Kier molecular flexibility index (Phi) is 4.46. The van der Waals surface area contributed by atoms with Crippen LogP contribution in [-0.4, -0.2) is 42.4 Å². The van der Waals surface area contributed by atoms with E-state index in [1.807, 2.05) is 0 Å². The van der Waals surface area contributed by atoms with E-state index in [2.05, 4.69) is 0 Å². The van der Waals surface area contributed by atoms with Gasteiger partial charge in [-0.05, 0) is 6.07 Å². The largest absolute Gasteiger partial charge is 0.394 e. The minimum Gasteiger partial charge on any atom is -0.394 e. The van der Waals surface area contributed by atoms with E-state index in [0.717, 1.165) is 6.07 Å². The Bertz CT molecular complexity index is 498. The molecule has 20 heavy (non-hydrogen) atoms. The molecule has 0 saturated carbocycles.